The van der Waals surface area contributed by atoms with Crippen molar-refractivity contribution in [1.82, 2.24) is 9.80 Å². The predicted octanol–water partition coefficient (Wildman–Crippen LogP) is 5.27. The maximum atomic E-state index is 12.6. The quantitative estimate of drug-likeness (QED) is 0.438. The number of carbonyl (C=O) groups excluding carboxylic acids is 1. The highest BCUT2D eigenvalue weighted by molar-refractivity contribution is 5.91. The van der Waals surface area contributed by atoms with Crippen LogP contribution in [0.5, 0.6) is 0 Å². The Hall–Kier alpha value is -3.15. The number of nitrogens with one attached hydrogen (secondary N) is 1. The highest BCUT2D eigenvalue weighted by atomic mass is 16.1. The van der Waals surface area contributed by atoms with Gasteiger partial charge in [-0.15, -0.1) is 0 Å². The van der Waals surface area contributed by atoms with E-state index in [1.54, 1.807) is 0 Å². The van der Waals surface area contributed by atoms with Gasteiger partial charge < -0.3 is 15.1 Å². The second-order valence-electron chi connectivity index (χ2n) is 9.12. The zero-order chi connectivity index (χ0) is 24.5. The molecular formula is C30H38N4O. The maximum Gasteiger partial charge on any atom is 0.225 e. The largest absolute Gasteiger partial charge is 0.372 e. The van der Waals surface area contributed by atoms with Crippen LogP contribution in [0.2, 0.25) is 0 Å². The number of amides is 1. The van der Waals surface area contributed by atoms with Crippen molar-refractivity contribution in [2.24, 2.45) is 0 Å². The van der Waals surface area contributed by atoms with Crippen LogP contribution < -0.4 is 10.2 Å². The minimum atomic E-state index is 0.0782. The summed E-state index contributed by atoms with van der Waals surface area (Å²) in [5, 5.41) is 3.06. The predicted molar refractivity (Wildman–Crippen MR) is 146 cm³/mol. The Morgan fingerprint density at radius 1 is 0.800 bits per heavy atom. The third kappa shape index (κ3) is 6.71. The van der Waals surface area contributed by atoms with E-state index >= 15 is 0 Å². The van der Waals surface area contributed by atoms with Crippen molar-refractivity contribution in [1.29, 1.82) is 0 Å². The summed E-state index contributed by atoms with van der Waals surface area (Å²) < 4.78 is 0. The lowest BCUT2D eigenvalue weighted by Crippen LogP contribution is -2.48. The molecule has 0 saturated carbocycles. The van der Waals surface area contributed by atoms with Gasteiger partial charge in [-0.25, -0.2) is 0 Å². The summed E-state index contributed by atoms with van der Waals surface area (Å²) in [6, 6.07) is 30.0. The van der Waals surface area contributed by atoms with Gasteiger partial charge in [-0.05, 0) is 49.2 Å². The molecule has 3 aromatic rings. The minimum Gasteiger partial charge on any atom is -0.372 e. The van der Waals surface area contributed by atoms with Crippen LogP contribution in [0.4, 0.5) is 11.4 Å². The van der Waals surface area contributed by atoms with Crippen LogP contribution in [0, 0.1) is 0 Å². The summed E-state index contributed by atoms with van der Waals surface area (Å²) in [5.41, 5.74) is 4.72. The van der Waals surface area contributed by atoms with Crippen molar-refractivity contribution in [3.05, 3.63) is 96.1 Å². The van der Waals surface area contributed by atoms with Crippen molar-refractivity contribution in [2.45, 2.75) is 26.3 Å². The number of nitrogens with zero attached hydrogens (tertiary/aromatic N) is 3. The van der Waals surface area contributed by atoms with E-state index in [9.17, 15) is 4.79 Å². The Morgan fingerprint density at radius 2 is 1.34 bits per heavy atom. The molecule has 5 heteroatoms. The summed E-state index contributed by atoms with van der Waals surface area (Å²) in [7, 11) is 0. The number of piperazine rings is 1. The fourth-order valence-electron chi connectivity index (χ4n) is 4.96. The van der Waals surface area contributed by atoms with Crippen molar-refractivity contribution < 1.29 is 4.79 Å². The van der Waals surface area contributed by atoms with E-state index in [1.807, 2.05) is 12.1 Å². The Labute approximate surface area is 210 Å². The van der Waals surface area contributed by atoms with Crippen molar-refractivity contribution in [2.75, 3.05) is 56.0 Å². The fraction of sp³-hybridized carbons (Fsp3) is 0.367. The van der Waals surface area contributed by atoms with Gasteiger partial charge in [0.25, 0.3) is 0 Å². The molecule has 1 saturated heterocycles. The molecule has 1 N–H and O–H groups in total. The SMILES string of the molecule is CCN(CC)c1ccc(NC(=O)CCN2CCN(C(c3ccccc3)c3ccccc3)CC2)cc1. The average Bonchev–Trinajstić information content (AvgIpc) is 2.91. The molecule has 4 rings (SSSR count). The number of hydrogen-bond acceptors (Lipinski definition) is 4. The van der Waals surface area contributed by atoms with Gasteiger partial charge in [0.05, 0.1) is 6.04 Å². The first-order valence-electron chi connectivity index (χ1n) is 12.9. The van der Waals surface area contributed by atoms with Crippen LogP contribution in [0.3, 0.4) is 0 Å². The maximum absolute atomic E-state index is 12.6. The van der Waals surface area contributed by atoms with Crippen LogP contribution in [0.15, 0.2) is 84.9 Å². The highest BCUT2D eigenvalue weighted by Crippen LogP contribution is 2.29. The third-order valence-corrected chi connectivity index (χ3v) is 6.94. The van der Waals surface area contributed by atoms with Crippen LogP contribution in [0.1, 0.15) is 37.4 Å². The number of carbonyl (C=O) groups is 1. The molecule has 1 aliphatic heterocycles. The number of rotatable bonds is 10. The topological polar surface area (TPSA) is 38.8 Å². The van der Waals surface area contributed by atoms with Crippen LogP contribution >= 0.6 is 0 Å². The lowest BCUT2D eigenvalue weighted by Gasteiger charge is -2.39. The van der Waals surface area contributed by atoms with Crippen LogP contribution in [-0.2, 0) is 4.79 Å². The normalized spacial score (nSPS) is 14.7. The number of benzene rings is 3. The van der Waals surface area contributed by atoms with Crippen molar-refractivity contribution in [3.8, 4) is 0 Å². The molecular weight excluding hydrogens is 432 g/mol. The first kappa shape index (κ1) is 25.0. The Morgan fingerprint density at radius 3 is 1.86 bits per heavy atom. The first-order chi connectivity index (χ1) is 17.2. The Kier molecular flexibility index (Phi) is 8.93. The minimum absolute atomic E-state index is 0.0782. The lowest BCUT2D eigenvalue weighted by molar-refractivity contribution is -0.116. The molecule has 0 atom stereocenters. The molecule has 1 aliphatic rings. The second kappa shape index (κ2) is 12.5. The van der Waals surface area contributed by atoms with Crippen molar-refractivity contribution >= 4 is 17.3 Å². The standard InChI is InChI=1S/C30H38N4O/c1-3-33(4-2)28-17-15-27(16-18-28)31-29(35)19-20-32-21-23-34(24-22-32)30(25-11-7-5-8-12-25)26-13-9-6-10-14-26/h5-18,30H,3-4,19-24H2,1-2H3,(H,31,35). The molecule has 35 heavy (non-hydrogen) atoms. The van der Waals surface area contributed by atoms with E-state index in [0.717, 1.165) is 51.5 Å². The molecule has 0 aromatic heterocycles. The van der Waals surface area contributed by atoms with Gasteiger partial charge >= 0.3 is 0 Å². The Bertz CT molecular complexity index is 987. The highest BCUT2D eigenvalue weighted by Gasteiger charge is 2.26. The van der Waals surface area contributed by atoms with Crippen LogP contribution in [0.25, 0.3) is 0 Å². The molecule has 0 spiro atoms. The van der Waals surface area contributed by atoms with Crippen molar-refractivity contribution in [3.63, 3.8) is 0 Å². The summed E-state index contributed by atoms with van der Waals surface area (Å²) >= 11 is 0. The molecule has 1 fully saturated rings. The van der Waals surface area contributed by atoms with Gasteiger partial charge in [0.2, 0.25) is 5.91 Å². The Balaban J connectivity index is 1.27. The summed E-state index contributed by atoms with van der Waals surface area (Å²) in [5.74, 6) is 0.0782. The van der Waals surface area contributed by atoms with Gasteiger partial charge in [-0.3, -0.25) is 9.69 Å². The smallest absolute Gasteiger partial charge is 0.225 e. The average molecular weight is 471 g/mol. The molecule has 3 aromatic carbocycles. The summed E-state index contributed by atoms with van der Waals surface area (Å²) in [6.07, 6.45) is 0.512. The van der Waals surface area contributed by atoms with E-state index < -0.39 is 0 Å². The fourth-order valence-corrected chi connectivity index (χ4v) is 4.96. The van der Waals surface area contributed by atoms with E-state index in [-0.39, 0.29) is 11.9 Å². The first-order valence-corrected chi connectivity index (χ1v) is 12.9. The van der Waals surface area contributed by atoms with Gasteiger partial charge in [0.1, 0.15) is 0 Å². The zero-order valence-corrected chi connectivity index (χ0v) is 21.1. The molecule has 0 radical (unpaired) electrons. The van der Waals surface area contributed by atoms with Gasteiger partial charge in [-0.1, -0.05) is 60.7 Å². The van der Waals surface area contributed by atoms with E-state index in [1.165, 1.54) is 16.8 Å². The second-order valence-corrected chi connectivity index (χ2v) is 9.12. The van der Waals surface area contributed by atoms with E-state index in [0.29, 0.717) is 6.42 Å². The molecule has 0 bridgehead atoms. The third-order valence-electron chi connectivity index (χ3n) is 6.94. The number of anilines is 2. The number of hydrogen-bond donors (Lipinski definition) is 1. The summed E-state index contributed by atoms with van der Waals surface area (Å²) in [4.78, 5) is 19.8. The molecule has 5 nitrogen and oxygen atoms in total. The van der Waals surface area contributed by atoms with E-state index in [4.69, 9.17) is 0 Å². The zero-order valence-electron chi connectivity index (χ0n) is 21.1. The van der Waals surface area contributed by atoms with Gasteiger partial charge in [0.15, 0.2) is 0 Å². The molecule has 0 unspecified atom stereocenters. The van der Waals surface area contributed by atoms with E-state index in [2.05, 4.69) is 107 Å². The monoisotopic (exact) mass is 470 g/mol. The molecule has 0 aliphatic carbocycles. The molecule has 1 heterocycles. The van der Waals surface area contributed by atoms with Gasteiger partial charge in [0, 0.05) is 63.6 Å². The summed E-state index contributed by atoms with van der Waals surface area (Å²) in [6.45, 7) is 11.0. The lowest BCUT2D eigenvalue weighted by atomic mass is 9.96. The molecule has 184 valence electrons. The molecule has 1 amide bonds. The van der Waals surface area contributed by atoms with Crippen LogP contribution in [-0.4, -0.2) is 61.5 Å². The van der Waals surface area contributed by atoms with Gasteiger partial charge in [-0.2, -0.15) is 0 Å².